The van der Waals surface area contributed by atoms with E-state index in [0.717, 1.165) is 18.9 Å². The van der Waals surface area contributed by atoms with Crippen molar-refractivity contribution >= 4 is 38.6 Å². The molecule has 1 heterocycles. The molecule has 8 nitrogen and oxygen atoms in total. The number of hydrogen-bond acceptors (Lipinski definition) is 5. The number of hydrogen-bond donors (Lipinski definition) is 3. The zero-order chi connectivity index (χ0) is 27.1. The molecular formula is C26H24F3N5O3S. The Morgan fingerprint density at radius 2 is 1.76 bits per heavy atom. The predicted octanol–water partition coefficient (Wildman–Crippen LogP) is 4.63. The minimum Gasteiger partial charge on any atom is -0.352 e. The van der Waals surface area contributed by atoms with Crippen LogP contribution in [0.4, 0.5) is 24.8 Å². The Kier molecular flexibility index (Phi) is 6.61. The van der Waals surface area contributed by atoms with E-state index in [2.05, 4.69) is 15.6 Å². The first-order chi connectivity index (χ1) is 18.0. The second-order valence-electron chi connectivity index (χ2n) is 9.23. The number of benzene rings is 3. The lowest BCUT2D eigenvalue weighted by Gasteiger charge is -2.16. The zero-order valence-corrected chi connectivity index (χ0v) is 20.8. The van der Waals surface area contributed by atoms with Crippen molar-refractivity contribution in [2.45, 2.75) is 30.5 Å². The Balaban J connectivity index is 1.54. The van der Waals surface area contributed by atoms with Crippen molar-refractivity contribution in [3.05, 3.63) is 83.4 Å². The maximum Gasteiger partial charge on any atom is 0.416 e. The summed E-state index contributed by atoms with van der Waals surface area (Å²) < 4.78 is 65.9. The number of nitrogens with one attached hydrogen (secondary N) is 2. The predicted molar refractivity (Wildman–Crippen MR) is 136 cm³/mol. The number of imidazole rings is 1. The van der Waals surface area contributed by atoms with Gasteiger partial charge in [0.1, 0.15) is 0 Å². The van der Waals surface area contributed by atoms with Crippen LogP contribution < -0.4 is 15.8 Å². The van der Waals surface area contributed by atoms with E-state index < -0.39 is 21.8 Å². The minimum absolute atomic E-state index is 0.0400. The standard InChI is InChI=1S/C26H24F3N5O3S/c27-26(28,29)21-4-2-1-3-18(21)15-34-23-12-7-17(24(35)31-14-16-5-6-16)13-22(23)33-25(34)32-19-8-10-20(11-9-19)38(30,36)37/h1-4,7-13,16H,5-6,14-15H2,(H,31,35)(H,32,33)(H2,30,36,37). The molecule has 1 fully saturated rings. The van der Waals surface area contributed by atoms with Crippen LogP contribution >= 0.6 is 0 Å². The molecule has 1 saturated carbocycles. The number of amides is 1. The third-order valence-electron chi connectivity index (χ3n) is 6.35. The molecule has 0 saturated heterocycles. The third kappa shape index (κ3) is 5.65. The molecular weight excluding hydrogens is 519 g/mol. The summed E-state index contributed by atoms with van der Waals surface area (Å²) in [6.07, 6.45) is -2.36. The van der Waals surface area contributed by atoms with E-state index in [1.165, 1.54) is 42.5 Å². The molecule has 0 bridgehead atoms. The largest absolute Gasteiger partial charge is 0.416 e. The Bertz CT molecular complexity index is 1610. The molecule has 1 aliphatic rings. The lowest BCUT2D eigenvalue weighted by molar-refractivity contribution is -0.138. The van der Waals surface area contributed by atoms with Crippen LogP contribution in [0.3, 0.4) is 0 Å². The van der Waals surface area contributed by atoms with Crippen LogP contribution in [-0.4, -0.2) is 30.4 Å². The van der Waals surface area contributed by atoms with Gasteiger partial charge in [0, 0.05) is 17.8 Å². The summed E-state index contributed by atoms with van der Waals surface area (Å²) in [5, 5.41) is 11.1. The Morgan fingerprint density at radius 3 is 2.42 bits per heavy atom. The highest BCUT2D eigenvalue weighted by Gasteiger charge is 2.33. The Labute approximate surface area is 216 Å². The molecule has 4 aromatic rings. The van der Waals surface area contributed by atoms with Crippen LogP contribution in [0.1, 0.15) is 34.3 Å². The molecule has 1 aromatic heterocycles. The van der Waals surface area contributed by atoms with E-state index >= 15 is 0 Å². The number of sulfonamides is 1. The number of carbonyl (C=O) groups is 1. The molecule has 198 valence electrons. The number of alkyl halides is 3. The van der Waals surface area contributed by atoms with Crippen LogP contribution in [0.25, 0.3) is 11.0 Å². The van der Waals surface area contributed by atoms with Crippen molar-refractivity contribution in [2.24, 2.45) is 11.1 Å². The molecule has 0 atom stereocenters. The fraction of sp³-hybridized carbons (Fsp3) is 0.231. The Morgan fingerprint density at radius 1 is 1.05 bits per heavy atom. The Hall–Kier alpha value is -3.90. The van der Waals surface area contributed by atoms with E-state index in [-0.39, 0.29) is 28.9 Å². The summed E-state index contributed by atoms with van der Waals surface area (Å²) in [5.41, 5.74) is 1.05. The van der Waals surface area contributed by atoms with Crippen LogP contribution in [0.15, 0.2) is 71.6 Å². The van der Waals surface area contributed by atoms with Gasteiger partial charge in [0.05, 0.1) is 28.0 Å². The highest BCUT2D eigenvalue weighted by molar-refractivity contribution is 7.89. The van der Waals surface area contributed by atoms with E-state index in [4.69, 9.17) is 5.14 Å². The number of rotatable bonds is 8. The molecule has 12 heteroatoms. The molecule has 0 radical (unpaired) electrons. The fourth-order valence-electron chi connectivity index (χ4n) is 4.15. The van der Waals surface area contributed by atoms with E-state index in [0.29, 0.717) is 34.7 Å². The smallest absolute Gasteiger partial charge is 0.352 e. The topological polar surface area (TPSA) is 119 Å². The molecule has 4 N–H and O–H groups in total. The van der Waals surface area contributed by atoms with Crippen molar-refractivity contribution in [3.8, 4) is 0 Å². The first-order valence-electron chi connectivity index (χ1n) is 11.8. The molecule has 5 rings (SSSR count). The van der Waals surface area contributed by atoms with E-state index in [9.17, 15) is 26.4 Å². The molecule has 0 spiro atoms. The van der Waals surface area contributed by atoms with Gasteiger partial charge in [-0.15, -0.1) is 0 Å². The summed E-state index contributed by atoms with van der Waals surface area (Å²) in [4.78, 5) is 17.1. The van der Waals surface area contributed by atoms with Gasteiger partial charge in [-0.05, 0) is 72.9 Å². The minimum atomic E-state index is -4.54. The van der Waals surface area contributed by atoms with Gasteiger partial charge in [0.15, 0.2) is 0 Å². The molecule has 1 amide bonds. The first-order valence-corrected chi connectivity index (χ1v) is 13.4. The monoisotopic (exact) mass is 543 g/mol. The third-order valence-corrected chi connectivity index (χ3v) is 7.28. The maximum atomic E-state index is 13.7. The number of halogens is 3. The second-order valence-corrected chi connectivity index (χ2v) is 10.8. The maximum absolute atomic E-state index is 13.7. The number of anilines is 2. The average molecular weight is 544 g/mol. The normalized spacial score (nSPS) is 14.0. The number of carbonyl (C=O) groups excluding carboxylic acids is 1. The highest BCUT2D eigenvalue weighted by atomic mass is 32.2. The summed E-state index contributed by atoms with van der Waals surface area (Å²) in [6, 6.07) is 15.7. The number of aromatic nitrogens is 2. The lowest BCUT2D eigenvalue weighted by atomic mass is 10.1. The van der Waals surface area contributed by atoms with Gasteiger partial charge < -0.3 is 15.2 Å². The second kappa shape index (κ2) is 9.76. The van der Waals surface area contributed by atoms with Gasteiger partial charge in [0.25, 0.3) is 5.91 Å². The van der Waals surface area contributed by atoms with E-state index in [1.54, 1.807) is 22.8 Å². The van der Waals surface area contributed by atoms with E-state index in [1.807, 2.05) is 0 Å². The molecule has 0 unspecified atom stereocenters. The van der Waals surface area contributed by atoms with Crippen molar-refractivity contribution in [3.63, 3.8) is 0 Å². The quantitative estimate of drug-likeness (QED) is 0.299. The zero-order valence-electron chi connectivity index (χ0n) is 20.0. The van der Waals surface area contributed by atoms with Crippen molar-refractivity contribution < 1.29 is 26.4 Å². The van der Waals surface area contributed by atoms with Crippen LogP contribution in [0.5, 0.6) is 0 Å². The van der Waals surface area contributed by atoms with Crippen molar-refractivity contribution in [1.29, 1.82) is 0 Å². The summed E-state index contributed by atoms with van der Waals surface area (Å²) in [7, 11) is -3.89. The highest BCUT2D eigenvalue weighted by Crippen LogP contribution is 2.34. The number of nitrogens with two attached hydrogens (primary N) is 1. The van der Waals surface area contributed by atoms with Gasteiger partial charge in [-0.3, -0.25) is 4.79 Å². The molecule has 0 aliphatic heterocycles. The first kappa shape index (κ1) is 25.7. The fourth-order valence-corrected chi connectivity index (χ4v) is 4.67. The van der Waals surface area contributed by atoms with Gasteiger partial charge in [-0.2, -0.15) is 13.2 Å². The summed E-state index contributed by atoms with van der Waals surface area (Å²) >= 11 is 0. The summed E-state index contributed by atoms with van der Waals surface area (Å²) in [6.45, 7) is 0.442. The van der Waals surface area contributed by atoms with Crippen LogP contribution in [0.2, 0.25) is 0 Å². The molecule has 3 aromatic carbocycles. The van der Waals surface area contributed by atoms with Gasteiger partial charge in [0.2, 0.25) is 16.0 Å². The van der Waals surface area contributed by atoms with Crippen LogP contribution in [-0.2, 0) is 22.7 Å². The van der Waals surface area contributed by atoms with Crippen LogP contribution in [0, 0.1) is 5.92 Å². The molecule has 38 heavy (non-hydrogen) atoms. The lowest BCUT2D eigenvalue weighted by Crippen LogP contribution is -2.25. The van der Waals surface area contributed by atoms with Crippen molar-refractivity contribution in [1.82, 2.24) is 14.9 Å². The number of fused-ring (bicyclic) bond motifs is 1. The SMILES string of the molecule is NS(=O)(=O)c1ccc(Nc2nc3cc(C(=O)NCC4CC4)ccc3n2Cc2ccccc2C(F)(F)F)cc1. The number of nitrogens with zero attached hydrogens (tertiary/aromatic N) is 2. The molecule has 1 aliphatic carbocycles. The average Bonchev–Trinajstić information content (AvgIpc) is 3.64. The van der Waals surface area contributed by atoms with Gasteiger partial charge in [-0.25, -0.2) is 18.5 Å². The summed E-state index contributed by atoms with van der Waals surface area (Å²) in [5.74, 6) is 0.478. The van der Waals surface area contributed by atoms with Crippen molar-refractivity contribution in [2.75, 3.05) is 11.9 Å². The van der Waals surface area contributed by atoms with Gasteiger partial charge in [-0.1, -0.05) is 18.2 Å². The van der Waals surface area contributed by atoms with Gasteiger partial charge >= 0.3 is 6.18 Å². The number of primary sulfonamides is 1.